The zero-order valence-corrected chi connectivity index (χ0v) is 7.71. The second-order valence-electron chi connectivity index (χ2n) is 3.64. The molecule has 0 aromatic heterocycles. The van der Waals surface area contributed by atoms with E-state index in [1.165, 1.54) is 32.2 Å². The van der Waals surface area contributed by atoms with Crippen LogP contribution < -0.4 is 5.73 Å². The average molecular weight is 156 g/mol. The Kier molecular flexibility index (Phi) is 3.34. The van der Waals surface area contributed by atoms with Gasteiger partial charge in [0.1, 0.15) is 0 Å². The van der Waals surface area contributed by atoms with Crippen molar-refractivity contribution < 1.29 is 0 Å². The maximum absolute atomic E-state index is 5.97. The number of unbranched alkanes of at least 4 members (excludes halogenated alkanes) is 1. The first-order chi connectivity index (χ1) is 5.25. The SMILES string of the molecule is CCCCC1C(N)CCN1C. The molecule has 0 aromatic rings. The molecule has 1 aliphatic rings. The summed E-state index contributed by atoms with van der Waals surface area (Å²) in [6.45, 7) is 3.43. The molecule has 1 aliphatic heterocycles. The number of nitrogens with two attached hydrogens (primary N) is 1. The molecule has 0 bridgehead atoms. The molecule has 0 saturated carbocycles. The molecule has 0 spiro atoms. The quantitative estimate of drug-likeness (QED) is 0.665. The van der Waals surface area contributed by atoms with Gasteiger partial charge in [-0.15, -0.1) is 0 Å². The fourth-order valence-corrected chi connectivity index (χ4v) is 1.89. The van der Waals surface area contributed by atoms with Gasteiger partial charge in [0.25, 0.3) is 0 Å². The van der Waals surface area contributed by atoms with Gasteiger partial charge in [0.05, 0.1) is 0 Å². The van der Waals surface area contributed by atoms with E-state index in [9.17, 15) is 0 Å². The summed E-state index contributed by atoms with van der Waals surface area (Å²) in [5.41, 5.74) is 5.97. The number of likely N-dealkylation sites (tertiary alicyclic amines) is 1. The highest BCUT2D eigenvalue weighted by atomic mass is 15.2. The second kappa shape index (κ2) is 4.07. The minimum atomic E-state index is 0.437. The molecular formula is C9H20N2. The minimum absolute atomic E-state index is 0.437. The van der Waals surface area contributed by atoms with Crippen molar-refractivity contribution in [1.82, 2.24) is 4.90 Å². The Morgan fingerprint density at radius 3 is 2.73 bits per heavy atom. The van der Waals surface area contributed by atoms with Crippen LogP contribution in [0.15, 0.2) is 0 Å². The molecule has 1 heterocycles. The molecule has 66 valence electrons. The van der Waals surface area contributed by atoms with Gasteiger partial charge in [-0.25, -0.2) is 0 Å². The minimum Gasteiger partial charge on any atom is -0.326 e. The largest absolute Gasteiger partial charge is 0.326 e. The fraction of sp³-hybridized carbons (Fsp3) is 1.00. The third-order valence-electron chi connectivity index (χ3n) is 2.73. The smallest absolute Gasteiger partial charge is 0.0244 e. The van der Waals surface area contributed by atoms with Crippen LogP contribution in [0.1, 0.15) is 32.6 Å². The topological polar surface area (TPSA) is 29.3 Å². The van der Waals surface area contributed by atoms with Crippen molar-refractivity contribution in [3.05, 3.63) is 0 Å². The Morgan fingerprint density at radius 1 is 1.55 bits per heavy atom. The molecule has 1 fully saturated rings. The van der Waals surface area contributed by atoms with Gasteiger partial charge < -0.3 is 10.6 Å². The molecule has 0 radical (unpaired) electrons. The van der Waals surface area contributed by atoms with Crippen LogP contribution in [-0.2, 0) is 0 Å². The lowest BCUT2D eigenvalue weighted by atomic mass is 10.0. The lowest BCUT2D eigenvalue weighted by Gasteiger charge is -2.22. The zero-order valence-electron chi connectivity index (χ0n) is 7.71. The van der Waals surface area contributed by atoms with Crippen molar-refractivity contribution in [3.8, 4) is 0 Å². The number of hydrogen-bond donors (Lipinski definition) is 1. The van der Waals surface area contributed by atoms with E-state index >= 15 is 0 Å². The Morgan fingerprint density at radius 2 is 2.27 bits per heavy atom. The molecular weight excluding hydrogens is 136 g/mol. The van der Waals surface area contributed by atoms with Crippen molar-refractivity contribution in [2.45, 2.75) is 44.7 Å². The second-order valence-corrected chi connectivity index (χ2v) is 3.64. The lowest BCUT2D eigenvalue weighted by molar-refractivity contribution is 0.278. The van der Waals surface area contributed by atoms with Gasteiger partial charge in [-0.3, -0.25) is 0 Å². The Bertz CT molecular complexity index is 104. The van der Waals surface area contributed by atoms with Crippen molar-refractivity contribution in [2.75, 3.05) is 13.6 Å². The van der Waals surface area contributed by atoms with Crippen molar-refractivity contribution >= 4 is 0 Å². The van der Waals surface area contributed by atoms with E-state index in [1.807, 2.05) is 0 Å². The Labute approximate surface area is 69.8 Å². The average Bonchev–Trinajstić information content (AvgIpc) is 2.29. The Balaban J connectivity index is 2.29. The highest BCUT2D eigenvalue weighted by molar-refractivity contribution is 4.87. The van der Waals surface area contributed by atoms with E-state index in [2.05, 4.69) is 18.9 Å². The normalized spacial score (nSPS) is 33.0. The van der Waals surface area contributed by atoms with Crippen LogP contribution in [0.2, 0.25) is 0 Å². The van der Waals surface area contributed by atoms with E-state index in [-0.39, 0.29) is 0 Å². The van der Waals surface area contributed by atoms with Gasteiger partial charge >= 0.3 is 0 Å². The van der Waals surface area contributed by atoms with Crippen LogP contribution in [0.25, 0.3) is 0 Å². The van der Waals surface area contributed by atoms with Gasteiger partial charge in [0.15, 0.2) is 0 Å². The molecule has 1 saturated heterocycles. The fourth-order valence-electron chi connectivity index (χ4n) is 1.89. The third-order valence-corrected chi connectivity index (χ3v) is 2.73. The first-order valence-electron chi connectivity index (χ1n) is 4.71. The first-order valence-corrected chi connectivity index (χ1v) is 4.71. The molecule has 2 atom stereocenters. The molecule has 0 aliphatic carbocycles. The van der Waals surface area contributed by atoms with Crippen LogP contribution >= 0.6 is 0 Å². The summed E-state index contributed by atoms with van der Waals surface area (Å²) < 4.78 is 0. The molecule has 1 rings (SSSR count). The summed E-state index contributed by atoms with van der Waals surface area (Å²) in [6, 6.07) is 1.10. The highest BCUT2D eigenvalue weighted by Gasteiger charge is 2.27. The molecule has 2 N–H and O–H groups in total. The number of nitrogens with zero attached hydrogens (tertiary/aromatic N) is 1. The summed E-state index contributed by atoms with van der Waals surface area (Å²) in [4.78, 5) is 2.40. The van der Waals surface area contributed by atoms with E-state index in [1.54, 1.807) is 0 Å². The summed E-state index contributed by atoms with van der Waals surface area (Å²) >= 11 is 0. The van der Waals surface area contributed by atoms with Gasteiger partial charge in [-0.05, 0) is 26.4 Å². The summed E-state index contributed by atoms with van der Waals surface area (Å²) in [7, 11) is 2.19. The van der Waals surface area contributed by atoms with Gasteiger partial charge in [-0.2, -0.15) is 0 Å². The third kappa shape index (κ3) is 2.17. The molecule has 0 amide bonds. The summed E-state index contributed by atoms with van der Waals surface area (Å²) in [6.07, 6.45) is 5.08. The number of hydrogen-bond acceptors (Lipinski definition) is 2. The van der Waals surface area contributed by atoms with Crippen LogP contribution in [0.5, 0.6) is 0 Å². The molecule has 0 aromatic carbocycles. The maximum Gasteiger partial charge on any atom is 0.0244 e. The van der Waals surface area contributed by atoms with Gasteiger partial charge in [-0.1, -0.05) is 19.8 Å². The molecule has 2 nitrogen and oxygen atoms in total. The summed E-state index contributed by atoms with van der Waals surface area (Å²) in [5.74, 6) is 0. The predicted molar refractivity (Wildman–Crippen MR) is 48.5 cm³/mol. The Hall–Kier alpha value is -0.0800. The standard InChI is InChI=1S/C9H20N2/c1-3-4-5-9-8(10)6-7-11(9)2/h8-9H,3-7,10H2,1-2H3. The van der Waals surface area contributed by atoms with Crippen LogP contribution in [0.3, 0.4) is 0 Å². The monoisotopic (exact) mass is 156 g/mol. The molecule has 2 unspecified atom stereocenters. The van der Waals surface area contributed by atoms with E-state index in [0.29, 0.717) is 12.1 Å². The first kappa shape index (κ1) is 9.01. The van der Waals surface area contributed by atoms with Gasteiger partial charge in [0.2, 0.25) is 0 Å². The lowest BCUT2D eigenvalue weighted by Crippen LogP contribution is -2.37. The van der Waals surface area contributed by atoms with Crippen LogP contribution in [0.4, 0.5) is 0 Å². The van der Waals surface area contributed by atoms with E-state index < -0.39 is 0 Å². The summed E-state index contributed by atoms with van der Waals surface area (Å²) in [5, 5.41) is 0. The van der Waals surface area contributed by atoms with Crippen molar-refractivity contribution in [1.29, 1.82) is 0 Å². The van der Waals surface area contributed by atoms with E-state index in [4.69, 9.17) is 5.73 Å². The van der Waals surface area contributed by atoms with E-state index in [0.717, 1.165) is 0 Å². The molecule has 11 heavy (non-hydrogen) atoms. The number of likely N-dealkylation sites (N-methyl/N-ethyl adjacent to an activating group) is 1. The van der Waals surface area contributed by atoms with Crippen LogP contribution in [-0.4, -0.2) is 30.6 Å². The highest BCUT2D eigenvalue weighted by Crippen LogP contribution is 2.18. The molecule has 2 heteroatoms. The van der Waals surface area contributed by atoms with Crippen molar-refractivity contribution in [2.24, 2.45) is 5.73 Å². The number of rotatable bonds is 3. The zero-order chi connectivity index (χ0) is 8.27. The van der Waals surface area contributed by atoms with Crippen LogP contribution in [0, 0.1) is 0 Å². The predicted octanol–water partition coefficient (Wildman–Crippen LogP) is 1.21. The maximum atomic E-state index is 5.97. The van der Waals surface area contributed by atoms with Gasteiger partial charge in [0, 0.05) is 12.1 Å². The van der Waals surface area contributed by atoms with Crippen molar-refractivity contribution in [3.63, 3.8) is 0 Å².